The monoisotopic (exact) mass is 508 g/mol. The van der Waals surface area contributed by atoms with Crippen molar-refractivity contribution in [2.75, 3.05) is 32.6 Å². The average molecular weight is 509 g/mol. The average Bonchev–Trinajstić information content (AvgIpc) is 3.31. The molecule has 0 spiro atoms. The summed E-state index contributed by atoms with van der Waals surface area (Å²) in [6.45, 7) is 4.03. The van der Waals surface area contributed by atoms with E-state index in [-0.39, 0.29) is 28.2 Å². The van der Waals surface area contributed by atoms with E-state index < -0.39 is 9.84 Å². The molecule has 0 saturated carbocycles. The SMILES string of the molecule is Cc1cc(S(=O)(=O)CNCC=CC(=O)N(C)Cc2ccc(C3=NCCN3)cc2)c(Cl)cc1Cl. The van der Waals surface area contributed by atoms with E-state index in [1.165, 1.54) is 18.2 Å². The van der Waals surface area contributed by atoms with Crippen molar-refractivity contribution in [2.24, 2.45) is 4.99 Å². The van der Waals surface area contributed by atoms with Gasteiger partial charge in [0.2, 0.25) is 5.91 Å². The van der Waals surface area contributed by atoms with Crippen molar-refractivity contribution in [1.29, 1.82) is 0 Å². The normalized spacial score (nSPS) is 13.8. The molecule has 2 N–H and O–H groups in total. The molecule has 3 rings (SSSR count). The van der Waals surface area contributed by atoms with E-state index in [4.69, 9.17) is 23.2 Å². The van der Waals surface area contributed by atoms with Crippen LogP contribution in [0.4, 0.5) is 0 Å². The number of halogens is 2. The fourth-order valence-electron chi connectivity index (χ4n) is 3.22. The lowest BCUT2D eigenvalue weighted by Gasteiger charge is -2.15. The van der Waals surface area contributed by atoms with Crippen LogP contribution in [0.3, 0.4) is 0 Å². The van der Waals surface area contributed by atoms with Crippen LogP contribution in [0.1, 0.15) is 16.7 Å². The summed E-state index contributed by atoms with van der Waals surface area (Å²) >= 11 is 12.0. The molecule has 0 fully saturated rings. The summed E-state index contributed by atoms with van der Waals surface area (Å²) < 4.78 is 25.1. The summed E-state index contributed by atoms with van der Waals surface area (Å²) in [5, 5.41) is 6.53. The number of hydrogen-bond donors (Lipinski definition) is 2. The van der Waals surface area contributed by atoms with Crippen molar-refractivity contribution in [3.8, 4) is 0 Å². The highest BCUT2D eigenvalue weighted by molar-refractivity contribution is 7.91. The van der Waals surface area contributed by atoms with Crippen LogP contribution in [-0.4, -0.2) is 57.6 Å². The van der Waals surface area contributed by atoms with E-state index in [1.54, 1.807) is 24.9 Å². The molecule has 2 aromatic carbocycles. The summed E-state index contributed by atoms with van der Waals surface area (Å²) in [5.74, 6) is 0.410. The second kappa shape index (κ2) is 11.2. The zero-order valence-corrected chi connectivity index (χ0v) is 20.8. The van der Waals surface area contributed by atoms with Gasteiger partial charge >= 0.3 is 0 Å². The van der Waals surface area contributed by atoms with Gasteiger partial charge < -0.3 is 10.2 Å². The molecule has 0 radical (unpaired) electrons. The Hall–Kier alpha value is -2.39. The first-order valence-corrected chi connectivity index (χ1v) is 12.8. The van der Waals surface area contributed by atoms with E-state index in [1.807, 2.05) is 24.3 Å². The molecule has 0 aromatic heterocycles. The Morgan fingerprint density at radius 2 is 1.94 bits per heavy atom. The van der Waals surface area contributed by atoms with E-state index >= 15 is 0 Å². The third-order valence-electron chi connectivity index (χ3n) is 5.06. The van der Waals surface area contributed by atoms with Crippen LogP contribution < -0.4 is 10.6 Å². The molecule has 0 aliphatic carbocycles. The molecule has 0 bridgehead atoms. The summed E-state index contributed by atoms with van der Waals surface area (Å²) in [6, 6.07) is 10.8. The maximum Gasteiger partial charge on any atom is 0.246 e. The molecule has 33 heavy (non-hydrogen) atoms. The molecule has 1 heterocycles. The number of carbonyl (C=O) groups is 1. The van der Waals surface area contributed by atoms with Gasteiger partial charge in [-0.3, -0.25) is 15.1 Å². The Labute approximate surface area is 204 Å². The lowest BCUT2D eigenvalue weighted by molar-refractivity contribution is -0.125. The Balaban J connectivity index is 1.47. The Bertz CT molecular complexity index is 1180. The lowest BCUT2D eigenvalue weighted by Crippen LogP contribution is -2.26. The highest BCUT2D eigenvalue weighted by Crippen LogP contribution is 2.28. The van der Waals surface area contributed by atoms with E-state index in [0.29, 0.717) is 17.1 Å². The van der Waals surface area contributed by atoms with E-state index in [0.717, 1.165) is 30.1 Å². The van der Waals surface area contributed by atoms with E-state index in [2.05, 4.69) is 15.6 Å². The summed E-state index contributed by atoms with van der Waals surface area (Å²) in [6.07, 6.45) is 3.01. The molecule has 0 unspecified atom stereocenters. The van der Waals surface area contributed by atoms with Crippen LogP contribution in [0.25, 0.3) is 0 Å². The van der Waals surface area contributed by atoms with Gasteiger partial charge in [-0.05, 0) is 30.2 Å². The predicted molar refractivity (Wildman–Crippen MR) is 133 cm³/mol. The number of likely N-dealkylation sites (N-methyl/N-ethyl adjacent to an activating group) is 1. The van der Waals surface area contributed by atoms with Gasteiger partial charge in [-0.1, -0.05) is 53.5 Å². The molecule has 176 valence electrons. The first kappa shape index (κ1) is 25.2. The quantitative estimate of drug-likeness (QED) is 0.400. The minimum absolute atomic E-state index is 0.0279. The topological polar surface area (TPSA) is 90.9 Å². The second-order valence-corrected chi connectivity index (χ2v) is 10.5. The number of rotatable bonds is 9. The van der Waals surface area contributed by atoms with Crippen LogP contribution in [0, 0.1) is 6.92 Å². The predicted octanol–water partition coefficient (Wildman–Crippen LogP) is 3.19. The Morgan fingerprint density at radius 1 is 1.21 bits per heavy atom. The lowest BCUT2D eigenvalue weighted by atomic mass is 10.1. The van der Waals surface area contributed by atoms with Gasteiger partial charge in [0.05, 0.1) is 16.5 Å². The Kier molecular flexibility index (Phi) is 8.53. The fraction of sp³-hybridized carbons (Fsp3) is 0.304. The van der Waals surface area contributed by atoms with Crippen molar-refractivity contribution in [3.63, 3.8) is 0 Å². The number of hydrogen-bond acceptors (Lipinski definition) is 6. The number of nitrogens with one attached hydrogen (secondary N) is 2. The largest absolute Gasteiger partial charge is 0.368 e. The first-order valence-electron chi connectivity index (χ1n) is 10.4. The maximum atomic E-state index is 12.5. The van der Waals surface area contributed by atoms with Gasteiger partial charge in [0.15, 0.2) is 9.84 Å². The number of carbonyl (C=O) groups excluding carboxylic acids is 1. The van der Waals surface area contributed by atoms with Crippen molar-refractivity contribution in [1.82, 2.24) is 15.5 Å². The van der Waals surface area contributed by atoms with Crippen molar-refractivity contribution in [2.45, 2.75) is 18.4 Å². The third-order valence-corrected chi connectivity index (χ3v) is 7.48. The number of sulfone groups is 1. The molecule has 10 heteroatoms. The first-order chi connectivity index (χ1) is 15.7. The Morgan fingerprint density at radius 3 is 2.61 bits per heavy atom. The van der Waals surface area contributed by atoms with Gasteiger partial charge in [-0.15, -0.1) is 0 Å². The summed E-state index contributed by atoms with van der Waals surface area (Å²) in [5.41, 5.74) is 2.66. The number of benzene rings is 2. The molecular formula is C23H26Cl2N4O3S. The van der Waals surface area contributed by atoms with Crippen molar-refractivity contribution >= 4 is 44.8 Å². The number of aliphatic imine (C=N–C) groups is 1. The van der Waals surface area contributed by atoms with Crippen LogP contribution in [0.15, 0.2) is 58.4 Å². The van der Waals surface area contributed by atoms with E-state index in [9.17, 15) is 13.2 Å². The molecule has 1 aliphatic heterocycles. The summed E-state index contributed by atoms with van der Waals surface area (Å²) in [4.78, 5) is 18.4. The molecule has 2 aromatic rings. The molecular weight excluding hydrogens is 483 g/mol. The van der Waals surface area contributed by atoms with Gasteiger partial charge in [0.25, 0.3) is 0 Å². The molecule has 0 saturated heterocycles. The van der Waals surface area contributed by atoms with Crippen LogP contribution in [0.5, 0.6) is 0 Å². The van der Waals surface area contributed by atoms with Crippen LogP contribution in [0.2, 0.25) is 10.0 Å². The van der Waals surface area contributed by atoms with Crippen molar-refractivity contribution in [3.05, 3.63) is 75.3 Å². The van der Waals surface area contributed by atoms with Gasteiger partial charge in [-0.2, -0.15) is 0 Å². The smallest absolute Gasteiger partial charge is 0.246 e. The van der Waals surface area contributed by atoms with Crippen molar-refractivity contribution < 1.29 is 13.2 Å². The molecule has 1 amide bonds. The van der Waals surface area contributed by atoms with Gasteiger partial charge in [0.1, 0.15) is 11.7 Å². The maximum absolute atomic E-state index is 12.5. The zero-order valence-electron chi connectivity index (χ0n) is 18.4. The van der Waals surface area contributed by atoms with Crippen LogP contribution in [-0.2, 0) is 21.2 Å². The number of nitrogens with zero attached hydrogens (tertiary/aromatic N) is 2. The molecule has 7 nitrogen and oxygen atoms in total. The fourth-order valence-corrected chi connectivity index (χ4v) is 5.21. The third kappa shape index (κ3) is 6.80. The van der Waals surface area contributed by atoms with Gasteiger partial charge in [0, 0.05) is 43.3 Å². The minimum Gasteiger partial charge on any atom is -0.368 e. The molecule has 1 aliphatic rings. The second-order valence-electron chi connectivity index (χ2n) is 7.70. The zero-order chi connectivity index (χ0) is 24.0. The minimum atomic E-state index is -3.64. The number of aryl methyl sites for hydroxylation is 1. The summed E-state index contributed by atoms with van der Waals surface area (Å²) in [7, 11) is -1.93. The highest BCUT2D eigenvalue weighted by atomic mass is 35.5. The standard InChI is InChI=1S/C23H26Cl2N4O3S/c1-16-12-21(20(25)13-19(16)24)33(31,32)15-26-9-3-4-22(30)29(2)14-17-5-7-18(8-6-17)23-27-10-11-28-23/h3-8,12-13,26H,9-11,14-15H2,1-2H3,(H,27,28). The van der Waals surface area contributed by atoms with Gasteiger partial charge in [-0.25, -0.2) is 8.42 Å². The number of amides is 1. The number of amidine groups is 1. The molecule has 0 atom stereocenters. The van der Waals surface area contributed by atoms with Crippen LogP contribution >= 0.6 is 23.2 Å². The highest BCUT2D eigenvalue weighted by Gasteiger charge is 2.19.